The number of piperidine rings is 1. The molecule has 17 heavy (non-hydrogen) atoms. The van der Waals surface area contributed by atoms with E-state index in [1.807, 2.05) is 12.3 Å². The number of hydrogen-bond acceptors (Lipinski definition) is 3. The molecule has 0 amide bonds. The molecule has 0 saturated carbocycles. The number of nitrogens with zero attached hydrogens (tertiary/aromatic N) is 2. The summed E-state index contributed by atoms with van der Waals surface area (Å²) >= 11 is 3.40. The van der Waals surface area contributed by atoms with Crippen LogP contribution >= 0.6 is 28.3 Å². The summed E-state index contributed by atoms with van der Waals surface area (Å²) in [5.74, 6) is 1.86. The van der Waals surface area contributed by atoms with Crippen molar-refractivity contribution in [2.75, 3.05) is 31.6 Å². The van der Waals surface area contributed by atoms with Crippen LogP contribution in [-0.4, -0.2) is 31.7 Å². The third kappa shape index (κ3) is 4.45. The second kappa shape index (κ2) is 7.19. The molecule has 3 nitrogen and oxygen atoms in total. The molecule has 1 N–H and O–H groups in total. The van der Waals surface area contributed by atoms with E-state index in [0.717, 1.165) is 35.8 Å². The number of hydrogen-bond donors (Lipinski definition) is 1. The fourth-order valence-corrected chi connectivity index (χ4v) is 2.37. The lowest BCUT2D eigenvalue weighted by molar-refractivity contribution is 0.377. The van der Waals surface area contributed by atoms with Crippen molar-refractivity contribution >= 4 is 34.2 Å². The number of nitrogens with one attached hydrogen (secondary N) is 1. The number of rotatable bonds is 3. The van der Waals surface area contributed by atoms with E-state index in [9.17, 15) is 0 Å². The maximum Gasteiger partial charge on any atom is 0.128 e. The van der Waals surface area contributed by atoms with Crippen molar-refractivity contribution in [2.24, 2.45) is 5.92 Å². The zero-order chi connectivity index (χ0) is 11.4. The molecule has 0 spiro atoms. The summed E-state index contributed by atoms with van der Waals surface area (Å²) in [4.78, 5) is 6.66. The minimum absolute atomic E-state index is 0. The minimum atomic E-state index is 0. The summed E-state index contributed by atoms with van der Waals surface area (Å²) in [6.07, 6.45) is 4.41. The molecule has 2 heterocycles. The van der Waals surface area contributed by atoms with E-state index in [4.69, 9.17) is 0 Å². The van der Waals surface area contributed by atoms with E-state index in [1.165, 1.54) is 12.8 Å². The molecule has 96 valence electrons. The molecule has 2 rings (SSSR count). The Morgan fingerprint density at radius 2 is 2.12 bits per heavy atom. The zero-order valence-electron chi connectivity index (χ0n) is 10.0. The van der Waals surface area contributed by atoms with Crippen LogP contribution in [0.1, 0.15) is 12.8 Å². The van der Waals surface area contributed by atoms with Crippen LogP contribution in [0.4, 0.5) is 5.82 Å². The third-order valence-electron chi connectivity index (χ3n) is 3.09. The lowest BCUT2D eigenvalue weighted by atomic mass is 9.98. The lowest BCUT2D eigenvalue weighted by Crippen LogP contribution is -2.34. The first-order valence-electron chi connectivity index (χ1n) is 5.79. The van der Waals surface area contributed by atoms with Crippen molar-refractivity contribution in [1.82, 2.24) is 10.3 Å². The topological polar surface area (TPSA) is 28.2 Å². The van der Waals surface area contributed by atoms with Gasteiger partial charge in [0.15, 0.2) is 0 Å². The van der Waals surface area contributed by atoms with Crippen LogP contribution in [-0.2, 0) is 0 Å². The van der Waals surface area contributed by atoms with E-state index < -0.39 is 0 Å². The van der Waals surface area contributed by atoms with Gasteiger partial charge in [0.1, 0.15) is 5.82 Å². The molecule has 1 saturated heterocycles. The monoisotopic (exact) mass is 319 g/mol. The SMILES string of the molecule is CN(CC1CCNCC1)c1ccc(Br)cn1.Cl. The van der Waals surface area contributed by atoms with Crippen LogP contribution in [0.2, 0.25) is 0 Å². The van der Waals surface area contributed by atoms with Gasteiger partial charge in [-0.3, -0.25) is 0 Å². The first kappa shape index (κ1) is 14.7. The van der Waals surface area contributed by atoms with E-state index >= 15 is 0 Å². The molecule has 1 aliphatic heterocycles. The van der Waals surface area contributed by atoms with Crippen LogP contribution < -0.4 is 10.2 Å². The van der Waals surface area contributed by atoms with Gasteiger partial charge < -0.3 is 10.2 Å². The lowest BCUT2D eigenvalue weighted by Gasteiger charge is -2.28. The van der Waals surface area contributed by atoms with Gasteiger partial charge in [0.25, 0.3) is 0 Å². The molecule has 5 heteroatoms. The maximum absolute atomic E-state index is 4.41. The van der Waals surface area contributed by atoms with E-state index in [1.54, 1.807) is 0 Å². The van der Waals surface area contributed by atoms with Gasteiger partial charge in [-0.2, -0.15) is 0 Å². The van der Waals surface area contributed by atoms with E-state index in [2.05, 4.69) is 44.2 Å². The quantitative estimate of drug-likeness (QED) is 0.928. The summed E-state index contributed by atoms with van der Waals surface area (Å²) in [6, 6.07) is 4.10. The maximum atomic E-state index is 4.41. The molecule has 0 aromatic carbocycles. The second-order valence-electron chi connectivity index (χ2n) is 4.41. The molecular formula is C12H19BrClN3. The van der Waals surface area contributed by atoms with Gasteiger partial charge in [-0.05, 0) is 59.9 Å². The Bertz CT molecular complexity index is 325. The summed E-state index contributed by atoms with van der Waals surface area (Å²) in [7, 11) is 2.12. The predicted octanol–water partition coefficient (Wildman–Crippen LogP) is 2.70. The Morgan fingerprint density at radius 1 is 1.41 bits per heavy atom. The van der Waals surface area contributed by atoms with Crippen molar-refractivity contribution in [3.8, 4) is 0 Å². The molecule has 0 aliphatic carbocycles. The number of pyridine rings is 1. The first-order valence-corrected chi connectivity index (χ1v) is 6.58. The number of aromatic nitrogens is 1. The predicted molar refractivity (Wildman–Crippen MR) is 78.0 cm³/mol. The van der Waals surface area contributed by atoms with Gasteiger partial charge in [-0.25, -0.2) is 4.98 Å². The molecule has 0 atom stereocenters. The van der Waals surface area contributed by atoms with Gasteiger partial charge in [-0.1, -0.05) is 0 Å². The Labute approximate surface area is 118 Å². The molecule has 1 fully saturated rings. The van der Waals surface area contributed by atoms with E-state index in [0.29, 0.717) is 0 Å². The van der Waals surface area contributed by atoms with E-state index in [-0.39, 0.29) is 12.4 Å². The largest absolute Gasteiger partial charge is 0.359 e. The van der Waals surface area contributed by atoms with Crippen LogP contribution in [0, 0.1) is 5.92 Å². The van der Waals surface area contributed by atoms with Crippen molar-refractivity contribution in [2.45, 2.75) is 12.8 Å². The fraction of sp³-hybridized carbons (Fsp3) is 0.583. The normalized spacial score (nSPS) is 16.4. The number of anilines is 1. The summed E-state index contributed by atoms with van der Waals surface area (Å²) in [5, 5.41) is 3.39. The van der Waals surface area contributed by atoms with Gasteiger partial charge in [0.05, 0.1) is 0 Å². The molecule has 0 unspecified atom stereocenters. The van der Waals surface area contributed by atoms with Crippen molar-refractivity contribution < 1.29 is 0 Å². The van der Waals surface area contributed by atoms with Gasteiger partial charge >= 0.3 is 0 Å². The standard InChI is InChI=1S/C12H18BrN3.ClH/c1-16(9-10-4-6-14-7-5-10)12-3-2-11(13)8-15-12;/h2-3,8,10,14H,4-7,9H2,1H3;1H. The highest BCUT2D eigenvalue weighted by atomic mass is 79.9. The van der Waals surface area contributed by atoms with Gasteiger partial charge in [-0.15, -0.1) is 12.4 Å². The van der Waals surface area contributed by atoms with Crippen LogP contribution in [0.5, 0.6) is 0 Å². The minimum Gasteiger partial charge on any atom is -0.359 e. The van der Waals surface area contributed by atoms with Crippen molar-refractivity contribution in [3.63, 3.8) is 0 Å². The van der Waals surface area contributed by atoms with Crippen LogP contribution in [0.3, 0.4) is 0 Å². The first-order chi connectivity index (χ1) is 7.75. The van der Waals surface area contributed by atoms with Crippen LogP contribution in [0.15, 0.2) is 22.8 Å². The highest BCUT2D eigenvalue weighted by Gasteiger charge is 2.15. The van der Waals surface area contributed by atoms with Crippen molar-refractivity contribution in [3.05, 3.63) is 22.8 Å². The zero-order valence-corrected chi connectivity index (χ0v) is 12.4. The number of halogens is 2. The highest BCUT2D eigenvalue weighted by molar-refractivity contribution is 9.10. The molecular weight excluding hydrogens is 302 g/mol. The smallest absolute Gasteiger partial charge is 0.128 e. The average molecular weight is 321 g/mol. The molecule has 1 aliphatic rings. The Morgan fingerprint density at radius 3 is 2.71 bits per heavy atom. The average Bonchev–Trinajstić information content (AvgIpc) is 2.31. The Hall–Kier alpha value is -0.320. The molecule has 0 bridgehead atoms. The Kier molecular flexibility index (Phi) is 6.23. The summed E-state index contributed by atoms with van der Waals surface area (Å²) < 4.78 is 1.03. The fourth-order valence-electron chi connectivity index (χ4n) is 2.14. The second-order valence-corrected chi connectivity index (χ2v) is 5.32. The van der Waals surface area contributed by atoms with Crippen LogP contribution in [0.25, 0.3) is 0 Å². The van der Waals surface area contributed by atoms with Crippen molar-refractivity contribution in [1.29, 1.82) is 0 Å². The molecule has 0 radical (unpaired) electrons. The summed E-state index contributed by atoms with van der Waals surface area (Å²) in [5.41, 5.74) is 0. The molecule has 1 aromatic heterocycles. The third-order valence-corrected chi connectivity index (χ3v) is 3.56. The molecule has 1 aromatic rings. The van der Waals surface area contributed by atoms with Gasteiger partial charge in [0, 0.05) is 24.3 Å². The summed E-state index contributed by atoms with van der Waals surface area (Å²) in [6.45, 7) is 3.43. The Balaban J connectivity index is 0.00000144. The highest BCUT2D eigenvalue weighted by Crippen LogP contribution is 2.18. The van der Waals surface area contributed by atoms with Gasteiger partial charge in [0.2, 0.25) is 0 Å².